The highest BCUT2D eigenvalue weighted by atomic mass is 31.2. The van der Waals surface area contributed by atoms with Crippen LogP contribution >= 0.6 is 7.60 Å². The van der Waals surface area contributed by atoms with Crippen molar-refractivity contribution in [3.8, 4) is 11.5 Å². The summed E-state index contributed by atoms with van der Waals surface area (Å²) >= 11 is 0. The van der Waals surface area contributed by atoms with E-state index in [2.05, 4.69) is 24.3 Å². The molecule has 2 aliphatic rings. The highest BCUT2D eigenvalue weighted by Crippen LogP contribution is 2.50. The molecule has 2 aromatic rings. The van der Waals surface area contributed by atoms with Gasteiger partial charge in [-0.25, -0.2) is 4.57 Å². The molecule has 0 aromatic heterocycles. The summed E-state index contributed by atoms with van der Waals surface area (Å²) in [6.45, 7) is 1.83. The summed E-state index contributed by atoms with van der Waals surface area (Å²) in [5, 5.41) is 0. The third-order valence-electron chi connectivity index (χ3n) is 6.71. The van der Waals surface area contributed by atoms with Gasteiger partial charge in [-0.05, 0) is 79.8 Å². The maximum Gasteiger partial charge on any atom is 0.455 e. The fourth-order valence-electron chi connectivity index (χ4n) is 5.03. The van der Waals surface area contributed by atoms with Crippen LogP contribution in [-0.2, 0) is 4.57 Å². The monoisotopic (exact) mass is 438 g/mol. The van der Waals surface area contributed by atoms with Crippen LogP contribution in [0.5, 0.6) is 11.5 Å². The summed E-state index contributed by atoms with van der Waals surface area (Å²) in [7, 11) is -3.44. The Hall–Kier alpha value is -1.99. The number of hydrogen-bond acceptors (Lipinski definition) is 3. The van der Waals surface area contributed by atoms with Crippen LogP contribution < -0.4 is 9.05 Å². The molecule has 0 heterocycles. The topological polar surface area (TPSA) is 35.5 Å². The molecule has 0 radical (unpaired) electrons. The molecule has 2 aliphatic carbocycles. The Balaban J connectivity index is 1.42. The van der Waals surface area contributed by atoms with Crippen LogP contribution in [0.15, 0.2) is 60.4 Å². The number of rotatable bonds is 7. The molecular weight excluding hydrogens is 403 g/mol. The van der Waals surface area contributed by atoms with Gasteiger partial charge >= 0.3 is 7.60 Å². The molecule has 4 rings (SSSR count). The summed E-state index contributed by atoms with van der Waals surface area (Å²) in [5.41, 5.74) is 2.71. The lowest BCUT2D eigenvalue weighted by molar-refractivity contribution is 0.397. The van der Waals surface area contributed by atoms with E-state index >= 15 is 0 Å². The molecule has 0 amide bonds. The number of allylic oxidation sites excluding steroid dienone is 1. The molecule has 2 aromatic carbocycles. The SMILES string of the molecule is CC=CP(=O)(Oc1ccc(C2CCCCC2)cc1)Oc1ccc(C2CCCCC2)cc1. The Morgan fingerprint density at radius 2 is 1.06 bits per heavy atom. The summed E-state index contributed by atoms with van der Waals surface area (Å²) in [6.07, 6.45) is 14.7. The Bertz CT molecular complexity index is 822. The predicted octanol–water partition coefficient (Wildman–Crippen LogP) is 8.97. The molecule has 0 unspecified atom stereocenters. The van der Waals surface area contributed by atoms with Crippen LogP contribution in [0.1, 0.15) is 94.1 Å². The first-order valence-corrected chi connectivity index (χ1v) is 13.6. The van der Waals surface area contributed by atoms with E-state index in [-0.39, 0.29) is 0 Å². The van der Waals surface area contributed by atoms with E-state index in [4.69, 9.17) is 9.05 Å². The Kier molecular flexibility index (Phi) is 7.56. The standard InChI is InChI=1S/C27H35O3P/c1-2-21-31(28,29-26-17-13-24(14-18-26)22-9-5-3-6-10-22)30-27-19-15-25(16-20-27)23-11-7-4-8-12-23/h2,13-23H,3-12H2,1H3. The highest BCUT2D eigenvalue weighted by Gasteiger charge is 2.25. The van der Waals surface area contributed by atoms with Gasteiger partial charge in [0, 0.05) is 5.82 Å². The van der Waals surface area contributed by atoms with Crippen LogP contribution in [-0.4, -0.2) is 0 Å². The molecule has 3 nitrogen and oxygen atoms in total. The second kappa shape index (κ2) is 10.6. The van der Waals surface area contributed by atoms with Gasteiger partial charge in [0.1, 0.15) is 11.5 Å². The average Bonchev–Trinajstić information content (AvgIpc) is 2.81. The second-order valence-electron chi connectivity index (χ2n) is 9.01. The normalized spacial score (nSPS) is 18.9. The van der Waals surface area contributed by atoms with E-state index in [1.807, 2.05) is 31.2 Å². The van der Waals surface area contributed by atoms with Gasteiger partial charge < -0.3 is 9.05 Å². The molecule has 0 bridgehead atoms. The predicted molar refractivity (Wildman–Crippen MR) is 128 cm³/mol. The minimum Gasteiger partial charge on any atom is -0.413 e. The van der Waals surface area contributed by atoms with Gasteiger partial charge in [0.05, 0.1) is 0 Å². The zero-order chi connectivity index (χ0) is 21.5. The summed E-state index contributed by atoms with van der Waals surface area (Å²) in [4.78, 5) is 0. The first-order chi connectivity index (χ1) is 15.1. The van der Waals surface area contributed by atoms with Crippen molar-refractivity contribution in [3.63, 3.8) is 0 Å². The largest absolute Gasteiger partial charge is 0.455 e. The molecule has 0 saturated heterocycles. The van der Waals surface area contributed by atoms with Crippen molar-refractivity contribution >= 4 is 7.60 Å². The van der Waals surface area contributed by atoms with Crippen molar-refractivity contribution in [2.45, 2.75) is 83.0 Å². The van der Waals surface area contributed by atoms with Crippen molar-refractivity contribution in [2.75, 3.05) is 0 Å². The first kappa shape index (κ1) is 22.2. The number of hydrogen-bond donors (Lipinski definition) is 0. The first-order valence-electron chi connectivity index (χ1n) is 12.0. The van der Waals surface area contributed by atoms with Crippen molar-refractivity contribution in [3.05, 3.63) is 71.6 Å². The zero-order valence-electron chi connectivity index (χ0n) is 18.7. The van der Waals surface area contributed by atoms with Crippen molar-refractivity contribution < 1.29 is 13.6 Å². The third-order valence-corrected chi connectivity index (χ3v) is 8.30. The van der Waals surface area contributed by atoms with E-state index in [0.29, 0.717) is 23.3 Å². The third kappa shape index (κ3) is 6.04. The van der Waals surface area contributed by atoms with Gasteiger partial charge in [-0.1, -0.05) is 68.9 Å². The molecule has 0 spiro atoms. The van der Waals surface area contributed by atoms with E-state index in [9.17, 15) is 4.57 Å². The summed E-state index contributed by atoms with van der Waals surface area (Å²) in [5.74, 6) is 3.99. The van der Waals surface area contributed by atoms with Crippen molar-refractivity contribution in [2.24, 2.45) is 0 Å². The van der Waals surface area contributed by atoms with Crippen LogP contribution in [0.2, 0.25) is 0 Å². The van der Waals surface area contributed by atoms with Gasteiger partial charge in [0.2, 0.25) is 0 Å². The quantitative estimate of drug-likeness (QED) is 0.405. The van der Waals surface area contributed by atoms with Gasteiger partial charge in [-0.3, -0.25) is 0 Å². The average molecular weight is 439 g/mol. The van der Waals surface area contributed by atoms with E-state index in [0.717, 1.165) is 0 Å². The lowest BCUT2D eigenvalue weighted by Gasteiger charge is -2.23. The van der Waals surface area contributed by atoms with Gasteiger partial charge in [0.15, 0.2) is 0 Å². The second-order valence-corrected chi connectivity index (χ2v) is 10.8. The smallest absolute Gasteiger partial charge is 0.413 e. The van der Waals surface area contributed by atoms with Gasteiger partial charge in [0.25, 0.3) is 0 Å². The van der Waals surface area contributed by atoms with Crippen molar-refractivity contribution in [1.29, 1.82) is 0 Å². The molecule has 0 N–H and O–H groups in total. The lowest BCUT2D eigenvalue weighted by Crippen LogP contribution is -2.05. The Labute approximate surface area is 187 Å². The highest BCUT2D eigenvalue weighted by molar-refractivity contribution is 7.58. The van der Waals surface area contributed by atoms with E-state index in [1.54, 1.807) is 6.08 Å². The lowest BCUT2D eigenvalue weighted by atomic mass is 9.84. The van der Waals surface area contributed by atoms with E-state index < -0.39 is 7.60 Å². The number of benzene rings is 2. The van der Waals surface area contributed by atoms with Crippen LogP contribution in [0, 0.1) is 0 Å². The Morgan fingerprint density at radius 1 is 0.677 bits per heavy atom. The minimum absolute atomic E-state index is 0.583. The molecule has 0 aliphatic heterocycles. The molecular formula is C27H35O3P. The molecule has 2 saturated carbocycles. The maximum atomic E-state index is 13.4. The fraction of sp³-hybridized carbons (Fsp3) is 0.481. The van der Waals surface area contributed by atoms with Gasteiger partial charge in [-0.15, -0.1) is 0 Å². The maximum absolute atomic E-state index is 13.4. The van der Waals surface area contributed by atoms with Crippen LogP contribution in [0.4, 0.5) is 0 Å². The molecule has 31 heavy (non-hydrogen) atoms. The van der Waals surface area contributed by atoms with Crippen LogP contribution in [0.25, 0.3) is 0 Å². The Morgan fingerprint density at radius 3 is 1.42 bits per heavy atom. The zero-order valence-corrected chi connectivity index (χ0v) is 19.6. The van der Waals surface area contributed by atoms with Gasteiger partial charge in [-0.2, -0.15) is 0 Å². The van der Waals surface area contributed by atoms with Crippen molar-refractivity contribution in [1.82, 2.24) is 0 Å². The van der Waals surface area contributed by atoms with E-state index in [1.165, 1.54) is 81.2 Å². The minimum atomic E-state index is -3.44. The summed E-state index contributed by atoms with van der Waals surface area (Å²) < 4.78 is 25.2. The molecule has 0 atom stereocenters. The molecule has 4 heteroatoms. The summed E-state index contributed by atoms with van der Waals surface area (Å²) in [6, 6.07) is 16.2. The van der Waals surface area contributed by atoms with Crippen LogP contribution in [0.3, 0.4) is 0 Å². The fourth-order valence-corrected chi connectivity index (χ4v) is 6.38. The molecule has 2 fully saturated rings. The molecule has 166 valence electrons.